The van der Waals surface area contributed by atoms with Crippen molar-refractivity contribution in [3.05, 3.63) is 65.7 Å². The van der Waals surface area contributed by atoms with Crippen LogP contribution in [-0.2, 0) is 14.2 Å². The molecular weight excluding hydrogens is 338 g/mol. The van der Waals surface area contributed by atoms with Crippen molar-refractivity contribution in [3.8, 4) is 5.75 Å². The van der Waals surface area contributed by atoms with E-state index in [0.717, 1.165) is 0 Å². The highest BCUT2D eigenvalue weighted by atomic mass is 16.7. The number of benzene rings is 2. The maximum absolute atomic E-state index is 12.2. The minimum Gasteiger partial charge on any atom is -0.462 e. The molecule has 2 aromatic rings. The van der Waals surface area contributed by atoms with Crippen molar-refractivity contribution < 1.29 is 28.5 Å². The van der Waals surface area contributed by atoms with E-state index in [2.05, 4.69) is 0 Å². The second-order valence-corrected chi connectivity index (χ2v) is 5.10. The molecule has 2 N–H and O–H groups in total. The lowest BCUT2D eigenvalue weighted by molar-refractivity contribution is -0.0901. The molecule has 0 radical (unpaired) electrons. The van der Waals surface area contributed by atoms with E-state index in [0.29, 0.717) is 16.9 Å². The van der Waals surface area contributed by atoms with Crippen LogP contribution in [0.2, 0.25) is 0 Å². The molecule has 0 aromatic heterocycles. The van der Waals surface area contributed by atoms with E-state index in [1.165, 1.54) is 6.07 Å². The molecule has 2 rings (SSSR count). The molecule has 7 heteroatoms. The third-order valence-corrected chi connectivity index (χ3v) is 3.23. The summed E-state index contributed by atoms with van der Waals surface area (Å²) >= 11 is 0. The van der Waals surface area contributed by atoms with E-state index in [9.17, 15) is 9.59 Å². The first-order valence-electron chi connectivity index (χ1n) is 8.11. The van der Waals surface area contributed by atoms with Gasteiger partial charge in [0, 0.05) is 0 Å². The van der Waals surface area contributed by atoms with Crippen LogP contribution in [0.25, 0.3) is 0 Å². The monoisotopic (exact) mass is 359 g/mol. The maximum Gasteiger partial charge on any atom is 0.341 e. The number of hydrogen-bond donors (Lipinski definition) is 1. The van der Waals surface area contributed by atoms with Gasteiger partial charge in [-0.1, -0.05) is 24.3 Å². The van der Waals surface area contributed by atoms with Gasteiger partial charge in [0.25, 0.3) is 6.29 Å². The first-order valence-corrected chi connectivity index (χ1v) is 8.11. The molecule has 0 fully saturated rings. The summed E-state index contributed by atoms with van der Waals surface area (Å²) in [6.45, 7) is 1.89. The van der Waals surface area contributed by atoms with Crippen molar-refractivity contribution in [2.75, 3.05) is 19.9 Å². The summed E-state index contributed by atoms with van der Waals surface area (Å²) in [5.41, 5.74) is 6.04. The fourth-order valence-corrected chi connectivity index (χ4v) is 2.08. The number of ether oxygens (including phenoxy) is 4. The zero-order chi connectivity index (χ0) is 18.8. The van der Waals surface area contributed by atoms with E-state index in [1.54, 1.807) is 55.5 Å². The van der Waals surface area contributed by atoms with Gasteiger partial charge in [-0.25, -0.2) is 9.59 Å². The predicted octanol–water partition coefficient (Wildman–Crippen LogP) is 2.36. The van der Waals surface area contributed by atoms with E-state index in [1.807, 2.05) is 0 Å². The average molecular weight is 359 g/mol. The van der Waals surface area contributed by atoms with Gasteiger partial charge in [0.05, 0.1) is 24.5 Å². The molecule has 0 aliphatic heterocycles. The topological polar surface area (TPSA) is 97.1 Å². The fourth-order valence-electron chi connectivity index (χ4n) is 2.08. The first-order chi connectivity index (χ1) is 12.6. The third-order valence-electron chi connectivity index (χ3n) is 3.23. The quantitative estimate of drug-likeness (QED) is 0.542. The smallest absolute Gasteiger partial charge is 0.341 e. The Kier molecular flexibility index (Phi) is 7.60. The van der Waals surface area contributed by atoms with Gasteiger partial charge in [-0.3, -0.25) is 0 Å². The van der Waals surface area contributed by atoms with Gasteiger partial charge in [-0.05, 0) is 37.3 Å². The van der Waals surface area contributed by atoms with Crippen molar-refractivity contribution in [3.63, 3.8) is 0 Å². The largest absolute Gasteiger partial charge is 0.462 e. The first kappa shape index (κ1) is 19.4. The van der Waals surface area contributed by atoms with Crippen molar-refractivity contribution in [2.45, 2.75) is 13.2 Å². The highest BCUT2D eigenvalue weighted by Crippen LogP contribution is 2.17. The number of nitrogens with two attached hydrogens (primary N) is 1. The van der Waals surface area contributed by atoms with Crippen LogP contribution in [-0.4, -0.2) is 38.2 Å². The molecular formula is C19H21NO6. The zero-order valence-electron chi connectivity index (χ0n) is 14.4. The Morgan fingerprint density at radius 2 is 1.73 bits per heavy atom. The molecule has 1 unspecified atom stereocenters. The number of carbonyl (C=O) groups excluding carboxylic acids is 2. The Bertz CT molecular complexity index is 719. The molecule has 1 atom stereocenters. The molecule has 138 valence electrons. The molecule has 0 saturated heterocycles. The molecule has 0 aliphatic rings. The van der Waals surface area contributed by atoms with Gasteiger partial charge < -0.3 is 24.7 Å². The maximum atomic E-state index is 12.2. The lowest BCUT2D eigenvalue weighted by Crippen LogP contribution is -2.30. The summed E-state index contributed by atoms with van der Waals surface area (Å²) in [4.78, 5) is 24.0. The van der Waals surface area contributed by atoms with Crippen LogP contribution < -0.4 is 10.5 Å². The van der Waals surface area contributed by atoms with Gasteiger partial charge in [0.1, 0.15) is 12.4 Å². The van der Waals surface area contributed by atoms with Crippen LogP contribution in [0.1, 0.15) is 27.6 Å². The third kappa shape index (κ3) is 5.87. The van der Waals surface area contributed by atoms with E-state index in [-0.39, 0.29) is 19.9 Å². The Morgan fingerprint density at radius 1 is 1.00 bits per heavy atom. The Morgan fingerprint density at radius 3 is 2.42 bits per heavy atom. The molecule has 0 spiro atoms. The van der Waals surface area contributed by atoms with Crippen LogP contribution >= 0.6 is 0 Å². The van der Waals surface area contributed by atoms with Gasteiger partial charge >= 0.3 is 11.9 Å². The summed E-state index contributed by atoms with van der Waals surface area (Å²) in [6, 6.07) is 14.9. The molecule has 0 amide bonds. The molecule has 26 heavy (non-hydrogen) atoms. The fraction of sp³-hybridized carbons (Fsp3) is 0.263. The summed E-state index contributed by atoms with van der Waals surface area (Å²) in [5.74, 6) is -0.686. The van der Waals surface area contributed by atoms with Crippen LogP contribution in [0.15, 0.2) is 54.6 Å². The molecule has 0 saturated carbocycles. The van der Waals surface area contributed by atoms with Gasteiger partial charge in [0.15, 0.2) is 0 Å². The minimum atomic E-state index is -1.02. The highest BCUT2D eigenvalue weighted by molar-refractivity contribution is 5.90. The summed E-state index contributed by atoms with van der Waals surface area (Å²) in [7, 11) is 0. The summed E-state index contributed by atoms with van der Waals surface area (Å²) in [5, 5.41) is 0. The van der Waals surface area contributed by atoms with E-state index < -0.39 is 18.2 Å². The van der Waals surface area contributed by atoms with Crippen molar-refractivity contribution in [1.29, 1.82) is 0 Å². The van der Waals surface area contributed by atoms with Crippen LogP contribution in [0.4, 0.5) is 0 Å². The normalized spacial score (nSPS) is 11.5. The number of esters is 2. The van der Waals surface area contributed by atoms with Crippen LogP contribution in [0.5, 0.6) is 5.75 Å². The van der Waals surface area contributed by atoms with Crippen LogP contribution in [0.3, 0.4) is 0 Å². The highest BCUT2D eigenvalue weighted by Gasteiger charge is 2.18. The summed E-state index contributed by atoms with van der Waals surface area (Å²) < 4.78 is 21.0. The molecule has 0 heterocycles. The standard InChI is InChI=1S/C19H21NO6/c1-2-24-18(21)15-9-6-10-16(11-15)25-17(12-23-13-20)26-19(22)14-7-4-3-5-8-14/h3-11,17H,2,12-13,20H2,1H3. The Balaban J connectivity index is 2.08. The molecule has 2 aromatic carbocycles. The Labute approximate surface area is 151 Å². The van der Waals surface area contributed by atoms with Crippen molar-refractivity contribution >= 4 is 11.9 Å². The van der Waals surface area contributed by atoms with Crippen LogP contribution in [0, 0.1) is 0 Å². The predicted molar refractivity (Wildman–Crippen MR) is 93.7 cm³/mol. The summed E-state index contributed by atoms with van der Waals surface area (Å²) in [6.07, 6.45) is -1.02. The minimum absolute atomic E-state index is 0.0500. The van der Waals surface area contributed by atoms with Gasteiger partial charge in [-0.15, -0.1) is 0 Å². The number of rotatable bonds is 9. The second kappa shape index (κ2) is 10.2. The van der Waals surface area contributed by atoms with Gasteiger partial charge in [0.2, 0.25) is 0 Å². The Hall–Kier alpha value is -2.90. The number of hydrogen-bond acceptors (Lipinski definition) is 7. The lowest BCUT2D eigenvalue weighted by atomic mass is 10.2. The van der Waals surface area contributed by atoms with E-state index in [4.69, 9.17) is 24.7 Å². The SMILES string of the molecule is CCOC(=O)c1cccc(OC(COCN)OC(=O)c2ccccc2)c1. The van der Waals surface area contributed by atoms with Gasteiger partial charge in [-0.2, -0.15) is 0 Å². The molecule has 0 bridgehead atoms. The molecule has 7 nitrogen and oxygen atoms in total. The molecule has 0 aliphatic carbocycles. The second-order valence-electron chi connectivity index (χ2n) is 5.10. The van der Waals surface area contributed by atoms with E-state index >= 15 is 0 Å². The average Bonchev–Trinajstić information content (AvgIpc) is 2.67. The van der Waals surface area contributed by atoms with Crippen molar-refractivity contribution in [1.82, 2.24) is 0 Å². The van der Waals surface area contributed by atoms with Crippen molar-refractivity contribution in [2.24, 2.45) is 5.73 Å². The zero-order valence-corrected chi connectivity index (χ0v) is 14.4. The lowest BCUT2D eigenvalue weighted by Gasteiger charge is -2.19. The number of carbonyl (C=O) groups is 2.